The molecule has 2 N–H and O–H groups in total. The van der Waals surface area contributed by atoms with Gasteiger partial charge in [0.15, 0.2) is 0 Å². The van der Waals surface area contributed by atoms with E-state index in [1.54, 1.807) is 0 Å². The molecule has 0 spiro atoms. The van der Waals surface area contributed by atoms with Crippen molar-refractivity contribution in [1.29, 1.82) is 0 Å². The van der Waals surface area contributed by atoms with Gasteiger partial charge in [0.2, 0.25) is 0 Å². The van der Waals surface area contributed by atoms with Crippen molar-refractivity contribution in [1.82, 2.24) is 4.98 Å². The summed E-state index contributed by atoms with van der Waals surface area (Å²) in [6, 6.07) is 0. The minimum Gasteiger partial charge on any atom is -0.330 e. The molecule has 2 rings (SSSR count). The smallest absolute Gasteiger partial charge is 0.147 e. The zero-order valence-corrected chi connectivity index (χ0v) is 8.80. The molecule has 0 aromatic carbocycles. The summed E-state index contributed by atoms with van der Waals surface area (Å²) >= 11 is 0. The normalized spacial score (nSPS) is 27.8. The van der Waals surface area contributed by atoms with Gasteiger partial charge in [0.1, 0.15) is 11.6 Å². The maximum absolute atomic E-state index is 13.5. The fourth-order valence-electron chi connectivity index (χ4n) is 2.48. The lowest BCUT2D eigenvalue weighted by atomic mass is 10.0. The first-order valence-corrected chi connectivity index (χ1v) is 4.99. The second-order valence-electron chi connectivity index (χ2n) is 4.66. The fourth-order valence-corrected chi connectivity index (χ4v) is 2.48. The Balaban J connectivity index is 2.41. The first kappa shape index (κ1) is 10.5. The van der Waals surface area contributed by atoms with Crippen LogP contribution in [0.25, 0.3) is 0 Å². The summed E-state index contributed by atoms with van der Waals surface area (Å²) in [4.78, 5) is 3.47. The second kappa shape index (κ2) is 3.23. The minimum absolute atomic E-state index is 0.113. The molecule has 1 fully saturated rings. The predicted octanol–water partition coefficient (Wildman–Crippen LogP) is 2.06. The monoisotopic (exact) mass is 212 g/mol. The van der Waals surface area contributed by atoms with Crippen molar-refractivity contribution in [2.45, 2.75) is 19.8 Å². The van der Waals surface area contributed by atoms with Crippen LogP contribution < -0.4 is 5.73 Å². The Morgan fingerprint density at radius 1 is 1.33 bits per heavy atom. The largest absolute Gasteiger partial charge is 0.330 e. The van der Waals surface area contributed by atoms with E-state index in [-0.39, 0.29) is 22.8 Å². The molecule has 1 aliphatic rings. The number of hydrogen-bond acceptors (Lipinski definition) is 2. The fraction of sp³-hybridized carbons (Fsp3) is 0.545. The van der Waals surface area contributed by atoms with Gasteiger partial charge in [-0.25, -0.2) is 8.78 Å². The summed E-state index contributed by atoms with van der Waals surface area (Å²) in [5.41, 5.74) is 5.61. The number of nitrogens with zero attached hydrogens (tertiary/aromatic N) is 1. The lowest BCUT2D eigenvalue weighted by molar-refractivity contribution is 0.521. The van der Waals surface area contributed by atoms with Crippen LogP contribution in [-0.2, 0) is 0 Å². The predicted molar refractivity (Wildman–Crippen MR) is 53.2 cm³/mol. The topological polar surface area (TPSA) is 38.9 Å². The molecule has 0 bridgehead atoms. The van der Waals surface area contributed by atoms with Crippen LogP contribution in [0.1, 0.15) is 25.3 Å². The van der Waals surface area contributed by atoms with Gasteiger partial charge in [-0.05, 0) is 23.8 Å². The van der Waals surface area contributed by atoms with Gasteiger partial charge in [0.05, 0.1) is 12.4 Å². The van der Waals surface area contributed by atoms with Crippen molar-refractivity contribution in [3.8, 4) is 0 Å². The zero-order valence-electron chi connectivity index (χ0n) is 8.80. The molecule has 82 valence electrons. The average Bonchev–Trinajstić information content (AvgIpc) is 2.68. The van der Waals surface area contributed by atoms with Crippen molar-refractivity contribution in [2.24, 2.45) is 17.1 Å². The van der Waals surface area contributed by atoms with Gasteiger partial charge in [-0.1, -0.05) is 13.8 Å². The quantitative estimate of drug-likeness (QED) is 0.815. The van der Waals surface area contributed by atoms with Crippen LogP contribution in [0.5, 0.6) is 0 Å². The number of rotatable bonds is 2. The highest BCUT2D eigenvalue weighted by atomic mass is 19.1. The van der Waals surface area contributed by atoms with E-state index in [0.717, 1.165) is 12.4 Å². The highest BCUT2D eigenvalue weighted by Crippen LogP contribution is 2.64. The van der Waals surface area contributed by atoms with Crippen molar-refractivity contribution >= 4 is 0 Å². The average molecular weight is 212 g/mol. The van der Waals surface area contributed by atoms with Crippen LogP contribution in [0.2, 0.25) is 0 Å². The summed E-state index contributed by atoms with van der Waals surface area (Å²) < 4.78 is 26.9. The lowest BCUT2D eigenvalue weighted by Gasteiger charge is -2.05. The van der Waals surface area contributed by atoms with Gasteiger partial charge in [-0.3, -0.25) is 4.98 Å². The highest BCUT2D eigenvalue weighted by molar-refractivity contribution is 5.32. The second-order valence-corrected chi connectivity index (χ2v) is 4.66. The van der Waals surface area contributed by atoms with E-state index in [4.69, 9.17) is 5.73 Å². The van der Waals surface area contributed by atoms with Gasteiger partial charge < -0.3 is 5.73 Å². The number of aromatic nitrogens is 1. The Morgan fingerprint density at radius 2 is 1.87 bits per heavy atom. The Labute approximate surface area is 87.5 Å². The molecule has 1 heterocycles. The summed E-state index contributed by atoms with van der Waals surface area (Å²) in [6.45, 7) is 4.42. The van der Waals surface area contributed by atoms with Gasteiger partial charge in [0, 0.05) is 5.56 Å². The van der Waals surface area contributed by atoms with Crippen LogP contribution in [0.3, 0.4) is 0 Å². The third kappa shape index (κ3) is 1.44. The van der Waals surface area contributed by atoms with Gasteiger partial charge in [-0.15, -0.1) is 0 Å². The lowest BCUT2D eigenvalue weighted by Crippen LogP contribution is -2.05. The molecule has 2 unspecified atom stereocenters. The molecule has 2 nitrogen and oxygen atoms in total. The van der Waals surface area contributed by atoms with Gasteiger partial charge >= 0.3 is 0 Å². The third-order valence-corrected chi connectivity index (χ3v) is 3.51. The molecule has 1 saturated carbocycles. The minimum atomic E-state index is -0.566. The van der Waals surface area contributed by atoms with Gasteiger partial charge in [-0.2, -0.15) is 0 Å². The highest BCUT2D eigenvalue weighted by Gasteiger charge is 2.59. The van der Waals surface area contributed by atoms with E-state index in [0.29, 0.717) is 6.54 Å². The maximum atomic E-state index is 13.5. The van der Waals surface area contributed by atoms with Crippen LogP contribution in [-0.4, -0.2) is 11.5 Å². The Kier molecular flexibility index (Phi) is 2.26. The van der Waals surface area contributed by atoms with Crippen LogP contribution in [0.15, 0.2) is 12.4 Å². The van der Waals surface area contributed by atoms with Crippen molar-refractivity contribution < 1.29 is 8.78 Å². The van der Waals surface area contributed by atoms with Crippen LogP contribution in [0, 0.1) is 23.0 Å². The first-order chi connectivity index (χ1) is 7.00. The molecule has 0 amide bonds. The third-order valence-electron chi connectivity index (χ3n) is 3.51. The van der Waals surface area contributed by atoms with Crippen LogP contribution in [0.4, 0.5) is 8.78 Å². The summed E-state index contributed by atoms with van der Waals surface area (Å²) in [7, 11) is 0. The number of pyridine rings is 1. The zero-order chi connectivity index (χ0) is 11.2. The van der Waals surface area contributed by atoms with Gasteiger partial charge in [0.25, 0.3) is 0 Å². The molecule has 0 saturated heterocycles. The molecule has 15 heavy (non-hydrogen) atoms. The summed E-state index contributed by atoms with van der Waals surface area (Å²) in [5.74, 6) is -1.09. The Bertz CT molecular complexity index is 370. The molecule has 1 aliphatic carbocycles. The molecule has 2 atom stereocenters. The SMILES string of the molecule is CC1(C)C(CN)C1c1c(F)cncc1F. The van der Waals surface area contributed by atoms with E-state index >= 15 is 0 Å². The van der Waals surface area contributed by atoms with E-state index < -0.39 is 11.6 Å². The number of halogens is 2. The van der Waals surface area contributed by atoms with Crippen molar-refractivity contribution in [3.63, 3.8) is 0 Å². The molecular weight excluding hydrogens is 198 g/mol. The Hall–Kier alpha value is -1.03. The van der Waals surface area contributed by atoms with E-state index in [1.807, 2.05) is 13.8 Å². The first-order valence-electron chi connectivity index (χ1n) is 4.99. The van der Waals surface area contributed by atoms with Crippen LogP contribution >= 0.6 is 0 Å². The molecule has 4 heteroatoms. The number of hydrogen-bond donors (Lipinski definition) is 1. The van der Waals surface area contributed by atoms with E-state index in [2.05, 4.69) is 4.98 Å². The molecular formula is C11H14F2N2. The van der Waals surface area contributed by atoms with E-state index in [1.165, 1.54) is 0 Å². The van der Waals surface area contributed by atoms with Crippen molar-refractivity contribution in [2.75, 3.05) is 6.54 Å². The maximum Gasteiger partial charge on any atom is 0.147 e. The van der Waals surface area contributed by atoms with Crippen molar-refractivity contribution in [3.05, 3.63) is 29.6 Å². The summed E-state index contributed by atoms with van der Waals surface area (Å²) in [5, 5.41) is 0. The molecule has 1 aromatic heterocycles. The summed E-state index contributed by atoms with van der Waals surface area (Å²) in [6.07, 6.45) is 2.11. The van der Waals surface area contributed by atoms with E-state index in [9.17, 15) is 8.78 Å². The Morgan fingerprint density at radius 3 is 2.27 bits per heavy atom. The molecule has 1 aromatic rings. The molecule has 0 radical (unpaired) electrons. The molecule has 0 aliphatic heterocycles. The standard InChI is InChI=1S/C11H14F2N2/c1-11(2)6(3-14)10(11)9-7(12)4-15-5-8(9)13/h4-6,10H,3,14H2,1-2H3. The number of nitrogens with two attached hydrogens (primary N) is 1.